The van der Waals surface area contributed by atoms with Crippen LogP contribution in [-0.4, -0.2) is 32.8 Å². The van der Waals surface area contributed by atoms with E-state index in [2.05, 4.69) is 4.74 Å². The van der Waals surface area contributed by atoms with E-state index in [1.165, 1.54) is 26.3 Å². The zero-order valence-electron chi connectivity index (χ0n) is 9.38. The summed E-state index contributed by atoms with van der Waals surface area (Å²) in [4.78, 5) is 11.7. The summed E-state index contributed by atoms with van der Waals surface area (Å²) in [7, 11) is -1.12. The van der Waals surface area contributed by atoms with Crippen LogP contribution in [-0.2, 0) is 19.6 Å². The molecule has 1 heterocycles. The van der Waals surface area contributed by atoms with Crippen molar-refractivity contribution < 1.29 is 17.9 Å². The summed E-state index contributed by atoms with van der Waals surface area (Å²) in [5.41, 5.74) is 0.497. The first-order chi connectivity index (χ1) is 7.98. The van der Waals surface area contributed by atoms with Gasteiger partial charge in [-0.1, -0.05) is 18.2 Å². The molecule has 1 aliphatic heterocycles. The lowest BCUT2D eigenvalue weighted by Crippen LogP contribution is -2.33. The summed E-state index contributed by atoms with van der Waals surface area (Å²) in [6.45, 7) is 0. The van der Waals surface area contributed by atoms with Crippen LogP contribution in [0.4, 0.5) is 0 Å². The van der Waals surface area contributed by atoms with Crippen molar-refractivity contribution in [2.24, 2.45) is 0 Å². The second-order valence-electron chi connectivity index (χ2n) is 3.53. The molecule has 2 rings (SSSR count). The van der Waals surface area contributed by atoms with Crippen LogP contribution in [0.15, 0.2) is 34.9 Å². The van der Waals surface area contributed by atoms with Gasteiger partial charge in [-0.25, -0.2) is 13.2 Å². The average molecular weight is 253 g/mol. The Labute approximate surface area is 99.4 Å². The molecule has 0 radical (unpaired) electrons. The first kappa shape index (κ1) is 11.7. The number of benzene rings is 1. The minimum atomic E-state index is -3.66. The van der Waals surface area contributed by atoms with E-state index in [0.717, 1.165) is 4.31 Å². The van der Waals surface area contributed by atoms with Crippen LogP contribution in [0.3, 0.4) is 0 Å². The summed E-state index contributed by atoms with van der Waals surface area (Å²) < 4.78 is 29.7. The maximum absolute atomic E-state index is 12.1. The van der Waals surface area contributed by atoms with Crippen molar-refractivity contribution in [2.75, 3.05) is 14.2 Å². The fraction of sp³-hybridized carbons (Fsp3) is 0.182. The predicted octanol–water partition coefficient (Wildman–Crippen LogP) is 0.835. The molecule has 0 fully saturated rings. The molecule has 0 bridgehead atoms. The zero-order chi connectivity index (χ0) is 12.6. The molecule has 0 saturated heterocycles. The number of hydrogen-bond donors (Lipinski definition) is 0. The predicted molar refractivity (Wildman–Crippen MR) is 61.4 cm³/mol. The van der Waals surface area contributed by atoms with Crippen LogP contribution < -0.4 is 0 Å². The van der Waals surface area contributed by atoms with E-state index in [9.17, 15) is 13.2 Å². The van der Waals surface area contributed by atoms with Crippen molar-refractivity contribution in [3.8, 4) is 0 Å². The molecule has 0 unspecified atom stereocenters. The number of esters is 1. The third-order valence-corrected chi connectivity index (χ3v) is 4.43. The van der Waals surface area contributed by atoms with E-state index in [1.807, 2.05) is 0 Å². The second-order valence-corrected chi connectivity index (χ2v) is 5.47. The maximum atomic E-state index is 12.1. The minimum Gasteiger partial charge on any atom is -0.464 e. The normalized spacial score (nSPS) is 17.1. The summed E-state index contributed by atoms with van der Waals surface area (Å²) >= 11 is 0. The Morgan fingerprint density at radius 1 is 1.29 bits per heavy atom. The molecule has 1 aromatic carbocycles. The van der Waals surface area contributed by atoms with Gasteiger partial charge in [0.1, 0.15) is 5.70 Å². The lowest BCUT2D eigenvalue weighted by atomic mass is 10.2. The Morgan fingerprint density at radius 3 is 2.59 bits per heavy atom. The van der Waals surface area contributed by atoms with Crippen LogP contribution in [0.25, 0.3) is 6.08 Å². The summed E-state index contributed by atoms with van der Waals surface area (Å²) in [6.07, 6.45) is 1.50. The topological polar surface area (TPSA) is 63.7 Å². The minimum absolute atomic E-state index is 0.00574. The summed E-state index contributed by atoms with van der Waals surface area (Å²) in [5, 5.41) is 0. The Balaban J connectivity index is 2.69. The van der Waals surface area contributed by atoms with E-state index < -0.39 is 16.0 Å². The number of methoxy groups -OCH3 is 1. The quantitative estimate of drug-likeness (QED) is 0.695. The van der Waals surface area contributed by atoms with E-state index in [-0.39, 0.29) is 10.6 Å². The van der Waals surface area contributed by atoms with Gasteiger partial charge in [0.05, 0.1) is 12.0 Å². The number of rotatable bonds is 1. The molecule has 0 aromatic heterocycles. The fourth-order valence-electron chi connectivity index (χ4n) is 1.64. The van der Waals surface area contributed by atoms with Crippen molar-refractivity contribution in [2.45, 2.75) is 4.90 Å². The molecule has 0 amide bonds. The zero-order valence-corrected chi connectivity index (χ0v) is 10.2. The number of carbonyl (C=O) groups excluding carboxylic acids is 1. The highest BCUT2D eigenvalue weighted by Gasteiger charge is 2.32. The molecule has 17 heavy (non-hydrogen) atoms. The Bertz CT molecular complexity index is 604. The highest BCUT2D eigenvalue weighted by molar-refractivity contribution is 7.89. The molecule has 0 spiro atoms. The van der Waals surface area contributed by atoms with Crippen molar-refractivity contribution in [1.29, 1.82) is 0 Å². The van der Waals surface area contributed by atoms with Crippen molar-refractivity contribution in [3.05, 3.63) is 35.5 Å². The number of ether oxygens (including phenoxy) is 1. The molecule has 0 N–H and O–H groups in total. The van der Waals surface area contributed by atoms with E-state index in [0.29, 0.717) is 5.56 Å². The van der Waals surface area contributed by atoms with Crippen LogP contribution in [0.5, 0.6) is 0 Å². The van der Waals surface area contributed by atoms with Gasteiger partial charge in [-0.3, -0.25) is 4.31 Å². The number of hydrogen-bond acceptors (Lipinski definition) is 4. The van der Waals surface area contributed by atoms with E-state index in [1.54, 1.807) is 18.2 Å². The molecule has 90 valence electrons. The molecular formula is C11H11NO4S. The van der Waals surface area contributed by atoms with E-state index >= 15 is 0 Å². The third kappa shape index (κ3) is 1.70. The van der Waals surface area contributed by atoms with Gasteiger partial charge < -0.3 is 4.74 Å². The van der Waals surface area contributed by atoms with Crippen LogP contribution in [0, 0.1) is 0 Å². The number of nitrogens with zero attached hydrogens (tertiary/aromatic N) is 1. The van der Waals surface area contributed by atoms with Gasteiger partial charge in [-0.05, 0) is 17.7 Å². The van der Waals surface area contributed by atoms with Crippen LogP contribution >= 0.6 is 0 Å². The third-order valence-electron chi connectivity index (χ3n) is 2.58. The largest absolute Gasteiger partial charge is 0.464 e. The summed E-state index contributed by atoms with van der Waals surface area (Å²) in [5.74, 6) is -0.675. The molecule has 0 atom stereocenters. The first-order valence-corrected chi connectivity index (χ1v) is 6.30. The Hall–Kier alpha value is -1.82. The van der Waals surface area contributed by atoms with Gasteiger partial charge in [-0.15, -0.1) is 0 Å². The van der Waals surface area contributed by atoms with Crippen molar-refractivity contribution in [3.63, 3.8) is 0 Å². The highest BCUT2D eigenvalue weighted by Crippen LogP contribution is 2.29. The molecular weight excluding hydrogens is 242 g/mol. The standard InChI is InChI=1S/C11H11NO4S/c1-12-9(11(13)16-2)7-8-5-3-4-6-10(8)17(12,14)15/h3-7H,1-2H3. The van der Waals surface area contributed by atoms with Crippen LogP contribution in [0.2, 0.25) is 0 Å². The first-order valence-electron chi connectivity index (χ1n) is 4.86. The maximum Gasteiger partial charge on any atom is 0.355 e. The number of carbonyl (C=O) groups is 1. The highest BCUT2D eigenvalue weighted by atomic mass is 32.2. The Kier molecular flexibility index (Phi) is 2.66. The van der Waals surface area contributed by atoms with Gasteiger partial charge in [0.2, 0.25) is 0 Å². The van der Waals surface area contributed by atoms with Crippen LogP contribution in [0.1, 0.15) is 5.56 Å². The van der Waals surface area contributed by atoms with Crippen molar-refractivity contribution >= 4 is 22.1 Å². The number of fused-ring (bicyclic) bond motifs is 1. The molecule has 5 nitrogen and oxygen atoms in total. The molecule has 0 saturated carbocycles. The molecule has 6 heteroatoms. The van der Waals surface area contributed by atoms with Gasteiger partial charge in [-0.2, -0.15) is 0 Å². The van der Waals surface area contributed by atoms with Gasteiger partial charge >= 0.3 is 5.97 Å². The second kappa shape index (κ2) is 3.89. The van der Waals surface area contributed by atoms with Gasteiger partial charge in [0, 0.05) is 7.05 Å². The molecule has 1 aliphatic rings. The number of likely N-dealkylation sites (N-methyl/N-ethyl adjacent to an activating group) is 1. The summed E-state index contributed by atoms with van der Waals surface area (Å²) in [6, 6.07) is 6.50. The molecule has 1 aromatic rings. The van der Waals surface area contributed by atoms with Gasteiger partial charge in [0.15, 0.2) is 0 Å². The smallest absolute Gasteiger partial charge is 0.355 e. The van der Waals surface area contributed by atoms with E-state index in [4.69, 9.17) is 0 Å². The lowest BCUT2D eigenvalue weighted by Gasteiger charge is -2.25. The molecule has 0 aliphatic carbocycles. The number of sulfonamides is 1. The fourth-order valence-corrected chi connectivity index (χ4v) is 3.00. The average Bonchev–Trinajstić information content (AvgIpc) is 2.33. The monoisotopic (exact) mass is 253 g/mol. The van der Waals surface area contributed by atoms with Gasteiger partial charge in [0.25, 0.3) is 10.0 Å². The lowest BCUT2D eigenvalue weighted by molar-refractivity contribution is -0.137. The van der Waals surface area contributed by atoms with Crippen molar-refractivity contribution in [1.82, 2.24) is 4.31 Å². The SMILES string of the molecule is COC(=O)C1=Cc2ccccc2S(=O)(=O)N1C. The Morgan fingerprint density at radius 2 is 1.94 bits per heavy atom.